The lowest BCUT2D eigenvalue weighted by Crippen LogP contribution is -2.60. The van der Waals surface area contributed by atoms with Gasteiger partial charge in [-0.25, -0.2) is 4.39 Å². The van der Waals surface area contributed by atoms with E-state index >= 15 is 0 Å². The molecule has 2 rings (SSSR count). The first kappa shape index (κ1) is 14.4. The highest BCUT2D eigenvalue weighted by Gasteiger charge is 2.42. The third kappa shape index (κ3) is 3.32. The van der Waals surface area contributed by atoms with Crippen molar-refractivity contribution in [2.45, 2.75) is 44.6 Å². The zero-order chi connectivity index (χ0) is 13.8. The van der Waals surface area contributed by atoms with E-state index in [0.717, 1.165) is 12.0 Å². The molecule has 0 bridgehead atoms. The summed E-state index contributed by atoms with van der Waals surface area (Å²) in [6.45, 7) is 4.79. The predicted molar refractivity (Wildman–Crippen MR) is 72.6 cm³/mol. The Hall–Kier alpha value is -0.970. The van der Waals surface area contributed by atoms with Gasteiger partial charge in [0, 0.05) is 25.8 Å². The highest BCUT2D eigenvalue weighted by Crippen LogP contribution is 2.29. The zero-order valence-electron chi connectivity index (χ0n) is 11.7. The summed E-state index contributed by atoms with van der Waals surface area (Å²) in [5.74, 6) is -0.203. The molecular weight excluding hydrogens is 245 g/mol. The van der Waals surface area contributed by atoms with Crippen molar-refractivity contribution >= 4 is 0 Å². The molecule has 0 amide bonds. The fourth-order valence-corrected chi connectivity index (χ4v) is 2.61. The van der Waals surface area contributed by atoms with Crippen molar-refractivity contribution in [2.24, 2.45) is 0 Å². The monoisotopic (exact) mass is 267 g/mol. The van der Waals surface area contributed by atoms with E-state index in [1.54, 1.807) is 7.11 Å². The average molecular weight is 267 g/mol. The van der Waals surface area contributed by atoms with Crippen LogP contribution in [0.2, 0.25) is 0 Å². The Morgan fingerprint density at radius 1 is 1.37 bits per heavy atom. The van der Waals surface area contributed by atoms with Crippen LogP contribution in [0.25, 0.3) is 0 Å². The normalized spacial score (nSPS) is 27.9. The molecule has 1 fully saturated rings. The molecular formula is C15H22FNO2. The van der Waals surface area contributed by atoms with Gasteiger partial charge in [0.1, 0.15) is 5.82 Å². The first-order valence-corrected chi connectivity index (χ1v) is 6.81. The Morgan fingerprint density at radius 3 is 2.63 bits per heavy atom. The molecule has 0 heterocycles. The molecule has 1 aliphatic carbocycles. The van der Waals surface area contributed by atoms with E-state index < -0.39 is 0 Å². The molecule has 1 aromatic rings. The maximum atomic E-state index is 12.9. The summed E-state index contributed by atoms with van der Waals surface area (Å²) < 4.78 is 24.0. The summed E-state index contributed by atoms with van der Waals surface area (Å²) in [6, 6.07) is 7.07. The lowest BCUT2D eigenvalue weighted by Gasteiger charge is -2.44. The van der Waals surface area contributed by atoms with Crippen LogP contribution in [-0.2, 0) is 9.47 Å². The van der Waals surface area contributed by atoms with E-state index in [4.69, 9.17) is 9.47 Å². The number of hydrogen-bond donors (Lipinski definition) is 1. The molecule has 0 saturated heterocycles. The van der Waals surface area contributed by atoms with Crippen LogP contribution in [-0.4, -0.2) is 32.0 Å². The first-order valence-electron chi connectivity index (χ1n) is 6.81. The summed E-state index contributed by atoms with van der Waals surface area (Å²) in [5, 5.41) is 3.51. The molecule has 4 heteroatoms. The Bertz CT molecular complexity index is 396. The van der Waals surface area contributed by atoms with Crippen LogP contribution in [0.1, 0.15) is 31.9 Å². The number of rotatable bonds is 6. The van der Waals surface area contributed by atoms with E-state index in [9.17, 15) is 4.39 Å². The van der Waals surface area contributed by atoms with Gasteiger partial charge < -0.3 is 14.8 Å². The van der Waals surface area contributed by atoms with Crippen molar-refractivity contribution in [2.75, 3.05) is 13.7 Å². The van der Waals surface area contributed by atoms with E-state index in [0.29, 0.717) is 12.6 Å². The zero-order valence-corrected chi connectivity index (χ0v) is 11.7. The smallest absolute Gasteiger partial charge is 0.123 e. The van der Waals surface area contributed by atoms with Crippen LogP contribution >= 0.6 is 0 Å². The van der Waals surface area contributed by atoms with Gasteiger partial charge in [-0.3, -0.25) is 0 Å². The molecule has 0 aromatic heterocycles. The fourth-order valence-electron chi connectivity index (χ4n) is 2.61. The van der Waals surface area contributed by atoms with E-state index in [1.165, 1.54) is 12.1 Å². The number of ether oxygens (including phenoxy) is 2. The van der Waals surface area contributed by atoms with E-state index in [-0.39, 0.29) is 24.1 Å². The Balaban J connectivity index is 1.89. The summed E-state index contributed by atoms with van der Waals surface area (Å²) >= 11 is 0. The molecule has 1 N–H and O–H groups in total. The van der Waals surface area contributed by atoms with E-state index in [2.05, 4.69) is 12.2 Å². The number of benzene rings is 1. The van der Waals surface area contributed by atoms with Gasteiger partial charge in [-0.1, -0.05) is 12.1 Å². The van der Waals surface area contributed by atoms with Crippen LogP contribution < -0.4 is 5.32 Å². The fraction of sp³-hybridized carbons (Fsp3) is 0.600. The molecule has 0 spiro atoms. The van der Waals surface area contributed by atoms with Crippen molar-refractivity contribution < 1.29 is 13.9 Å². The van der Waals surface area contributed by atoms with Crippen LogP contribution in [0.3, 0.4) is 0 Å². The molecule has 1 saturated carbocycles. The standard InChI is InChI=1S/C15H22FNO2/c1-4-19-14-9-13(15(14)18-3)17-10(2)11-5-7-12(16)8-6-11/h5-8,10,13-15,17H,4,9H2,1-3H3. The van der Waals surface area contributed by atoms with Crippen molar-refractivity contribution in [1.82, 2.24) is 5.32 Å². The molecule has 1 aliphatic rings. The van der Waals surface area contributed by atoms with Crippen molar-refractivity contribution in [1.29, 1.82) is 0 Å². The van der Waals surface area contributed by atoms with Crippen LogP contribution in [0.4, 0.5) is 4.39 Å². The van der Waals surface area contributed by atoms with E-state index in [1.807, 2.05) is 19.1 Å². The van der Waals surface area contributed by atoms with Crippen molar-refractivity contribution in [3.8, 4) is 0 Å². The summed E-state index contributed by atoms with van der Waals surface area (Å²) in [6.07, 6.45) is 1.24. The van der Waals surface area contributed by atoms with Crippen LogP contribution in [0.15, 0.2) is 24.3 Å². The minimum Gasteiger partial charge on any atom is -0.377 e. The lowest BCUT2D eigenvalue weighted by atomic mass is 9.84. The van der Waals surface area contributed by atoms with Gasteiger partial charge in [0.25, 0.3) is 0 Å². The second-order valence-electron chi connectivity index (χ2n) is 4.98. The largest absolute Gasteiger partial charge is 0.377 e. The number of halogens is 1. The maximum absolute atomic E-state index is 12.9. The number of methoxy groups -OCH3 is 1. The Morgan fingerprint density at radius 2 is 2.05 bits per heavy atom. The topological polar surface area (TPSA) is 30.5 Å². The van der Waals surface area contributed by atoms with Gasteiger partial charge in [0.05, 0.1) is 12.2 Å². The molecule has 19 heavy (non-hydrogen) atoms. The van der Waals surface area contributed by atoms with Gasteiger partial charge in [0.2, 0.25) is 0 Å². The predicted octanol–water partition coefficient (Wildman–Crippen LogP) is 2.67. The van der Waals surface area contributed by atoms with Gasteiger partial charge in [0.15, 0.2) is 0 Å². The summed E-state index contributed by atoms with van der Waals surface area (Å²) in [4.78, 5) is 0. The Kier molecular flexibility index (Phi) is 4.91. The maximum Gasteiger partial charge on any atom is 0.123 e. The quantitative estimate of drug-likeness (QED) is 0.859. The second-order valence-corrected chi connectivity index (χ2v) is 4.98. The van der Waals surface area contributed by atoms with Gasteiger partial charge in [-0.2, -0.15) is 0 Å². The molecule has 4 unspecified atom stereocenters. The van der Waals surface area contributed by atoms with Crippen molar-refractivity contribution in [3.63, 3.8) is 0 Å². The van der Waals surface area contributed by atoms with Gasteiger partial charge in [-0.05, 0) is 38.0 Å². The van der Waals surface area contributed by atoms with Gasteiger partial charge >= 0.3 is 0 Å². The highest BCUT2D eigenvalue weighted by atomic mass is 19.1. The number of hydrogen-bond acceptors (Lipinski definition) is 3. The summed E-state index contributed by atoms with van der Waals surface area (Å²) in [5.41, 5.74) is 1.08. The SMILES string of the molecule is CCOC1CC(NC(C)c2ccc(F)cc2)C1OC. The first-order chi connectivity index (χ1) is 9.15. The third-order valence-electron chi connectivity index (χ3n) is 3.74. The third-order valence-corrected chi connectivity index (χ3v) is 3.74. The second kappa shape index (κ2) is 6.46. The van der Waals surface area contributed by atoms with Crippen molar-refractivity contribution in [3.05, 3.63) is 35.6 Å². The molecule has 0 aliphatic heterocycles. The summed E-state index contributed by atoms with van der Waals surface area (Å²) in [7, 11) is 1.72. The van der Waals surface area contributed by atoms with Crippen LogP contribution in [0.5, 0.6) is 0 Å². The molecule has 3 nitrogen and oxygen atoms in total. The average Bonchev–Trinajstić information content (AvgIpc) is 2.38. The lowest BCUT2D eigenvalue weighted by molar-refractivity contribution is -0.133. The highest BCUT2D eigenvalue weighted by molar-refractivity contribution is 5.20. The molecule has 4 atom stereocenters. The molecule has 0 radical (unpaired) electrons. The minimum atomic E-state index is -0.203. The van der Waals surface area contributed by atoms with Gasteiger partial charge in [-0.15, -0.1) is 0 Å². The Labute approximate surface area is 114 Å². The minimum absolute atomic E-state index is 0.0999. The number of nitrogens with one attached hydrogen (secondary N) is 1. The molecule has 1 aromatic carbocycles. The molecule has 106 valence electrons. The van der Waals surface area contributed by atoms with Crippen LogP contribution in [0, 0.1) is 5.82 Å².